The van der Waals surface area contributed by atoms with Gasteiger partial charge in [-0.15, -0.1) is 0 Å². The van der Waals surface area contributed by atoms with Gasteiger partial charge in [0.1, 0.15) is 22.2 Å². The van der Waals surface area contributed by atoms with Crippen LogP contribution in [0.5, 0.6) is 17.2 Å². The monoisotopic (exact) mass is 478 g/mol. The van der Waals surface area contributed by atoms with E-state index in [-0.39, 0.29) is 33.6 Å². The molecular formula is C20H16ClFN4O5S. The number of rotatable bonds is 6. The van der Waals surface area contributed by atoms with Crippen LogP contribution >= 0.6 is 11.6 Å². The van der Waals surface area contributed by atoms with Gasteiger partial charge in [0.2, 0.25) is 0 Å². The smallest absolute Gasteiger partial charge is 0.320 e. The fraction of sp³-hybridized carbons (Fsp3) is 0.100. The summed E-state index contributed by atoms with van der Waals surface area (Å²) in [6, 6.07) is 8.88. The number of sulfonamides is 1. The van der Waals surface area contributed by atoms with Gasteiger partial charge in [-0.1, -0.05) is 11.6 Å². The summed E-state index contributed by atoms with van der Waals surface area (Å²) in [7, 11) is -2.78. The second kappa shape index (κ2) is 8.52. The molecule has 0 spiro atoms. The Morgan fingerprint density at radius 2 is 1.91 bits per heavy atom. The van der Waals surface area contributed by atoms with Crippen LogP contribution in [0.3, 0.4) is 0 Å². The Kier molecular flexibility index (Phi) is 5.76. The lowest BCUT2D eigenvalue weighted by molar-refractivity contribution is 0.250. The number of hydrogen-bond donors (Lipinski definition) is 3. The molecule has 4 rings (SSSR count). The van der Waals surface area contributed by atoms with Crippen LogP contribution in [-0.2, 0) is 16.6 Å². The molecule has 32 heavy (non-hydrogen) atoms. The van der Waals surface area contributed by atoms with Crippen LogP contribution in [0.15, 0.2) is 53.6 Å². The molecular weight excluding hydrogens is 463 g/mol. The number of anilines is 2. The second-order valence-electron chi connectivity index (χ2n) is 6.59. The minimum Gasteiger partial charge on any atom is -0.495 e. The lowest BCUT2D eigenvalue weighted by Gasteiger charge is -2.20. The number of benzene rings is 2. The average molecular weight is 479 g/mol. The average Bonchev–Trinajstić information content (AvgIpc) is 2.75. The molecule has 0 radical (unpaired) electrons. The Morgan fingerprint density at radius 1 is 1.12 bits per heavy atom. The number of fused-ring (bicyclic) bond motifs is 1. The summed E-state index contributed by atoms with van der Waals surface area (Å²) in [4.78, 5) is 15.3. The number of halogens is 2. The molecule has 0 bridgehead atoms. The molecule has 9 nitrogen and oxygen atoms in total. The molecule has 0 unspecified atom stereocenters. The van der Waals surface area contributed by atoms with E-state index in [0.29, 0.717) is 17.1 Å². The summed E-state index contributed by atoms with van der Waals surface area (Å²) in [6.07, 6.45) is 1.42. The first kappa shape index (κ1) is 21.7. The van der Waals surface area contributed by atoms with E-state index in [1.807, 2.05) is 0 Å². The van der Waals surface area contributed by atoms with Crippen molar-refractivity contribution < 1.29 is 27.1 Å². The van der Waals surface area contributed by atoms with Crippen molar-refractivity contribution in [3.8, 4) is 17.2 Å². The third kappa shape index (κ3) is 4.39. The Morgan fingerprint density at radius 3 is 2.66 bits per heavy atom. The van der Waals surface area contributed by atoms with Crippen LogP contribution in [0, 0.1) is 5.82 Å². The first-order valence-corrected chi connectivity index (χ1v) is 11.0. The Labute approximate surface area is 187 Å². The Balaban J connectivity index is 1.58. The van der Waals surface area contributed by atoms with Crippen molar-refractivity contribution in [1.82, 2.24) is 10.3 Å². The van der Waals surface area contributed by atoms with Crippen molar-refractivity contribution in [2.24, 2.45) is 0 Å². The summed E-state index contributed by atoms with van der Waals surface area (Å²) >= 11 is 5.91. The number of aromatic nitrogens is 1. The van der Waals surface area contributed by atoms with Gasteiger partial charge >= 0.3 is 6.03 Å². The highest BCUT2D eigenvalue weighted by atomic mass is 35.5. The predicted octanol–water partition coefficient (Wildman–Crippen LogP) is 4.11. The number of urea groups is 1. The van der Waals surface area contributed by atoms with Crippen LogP contribution < -0.4 is 24.8 Å². The minimum atomic E-state index is -4.11. The SMILES string of the molecule is COc1ccc(Cl)cc1S(=O)(=O)Nc1ccc(Oc2ccnc3c2CNC(=O)N3)c(F)c1. The highest BCUT2D eigenvalue weighted by Crippen LogP contribution is 2.34. The van der Waals surface area contributed by atoms with Gasteiger partial charge in [-0.05, 0) is 36.4 Å². The zero-order valence-electron chi connectivity index (χ0n) is 16.5. The quantitative estimate of drug-likeness (QED) is 0.490. The van der Waals surface area contributed by atoms with Crippen LogP contribution in [0.1, 0.15) is 5.56 Å². The van der Waals surface area contributed by atoms with Crippen molar-refractivity contribution in [2.75, 3.05) is 17.1 Å². The second-order valence-corrected chi connectivity index (χ2v) is 8.68. The molecule has 3 N–H and O–H groups in total. The molecule has 166 valence electrons. The summed E-state index contributed by atoms with van der Waals surface area (Å²) in [5.74, 6) is -0.254. The van der Waals surface area contributed by atoms with Crippen molar-refractivity contribution in [3.63, 3.8) is 0 Å². The van der Waals surface area contributed by atoms with Crippen LogP contribution in [0.25, 0.3) is 0 Å². The number of nitrogens with one attached hydrogen (secondary N) is 3. The van der Waals surface area contributed by atoms with E-state index in [1.54, 1.807) is 0 Å². The maximum atomic E-state index is 14.7. The fourth-order valence-electron chi connectivity index (χ4n) is 3.01. The molecule has 0 atom stereocenters. The van der Waals surface area contributed by atoms with E-state index in [0.717, 1.165) is 6.07 Å². The number of nitrogens with zero attached hydrogens (tertiary/aromatic N) is 1. The molecule has 12 heteroatoms. The van der Waals surface area contributed by atoms with Crippen LogP contribution in [0.4, 0.5) is 20.7 Å². The number of hydrogen-bond acceptors (Lipinski definition) is 6. The number of methoxy groups -OCH3 is 1. The lowest BCUT2D eigenvalue weighted by Crippen LogP contribution is -2.34. The van der Waals surface area contributed by atoms with E-state index in [1.165, 1.54) is 49.7 Å². The van der Waals surface area contributed by atoms with Gasteiger partial charge in [-0.3, -0.25) is 10.0 Å². The summed E-state index contributed by atoms with van der Waals surface area (Å²) in [5.41, 5.74) is 0.520. The minimum absolute atomic E-state index is 0.0254. The van der Waals surface area contributed by atoms with Crippen molar-refractivity contribution >= 4 is 39.2 Å². The maximum Gasteiger partial charge on any atom is 0.320 e. The molecule has 1 aromatic heterocycles. The third-order valence-electron chi connectivity index (χ3n) is 4.49. The maximum absolute atomic E-state index is 14.7. The van der Waals surface area contributed by atoms with Gasteiger partial charge in [0.05, 0.1) is 24.9 Å². The Hall–Kier alpha value is -3.57. The molecule has 0 fully saturated rings. The molecule has 1 aliphatic rings. The first-order valence-electron chi connectivity index (χ1n) is 9.13. The topological polar surface area (TPSA) is 119 Å². The highest BCUT2D eigenvalue weighted by Gasteiger charge is 2.22. The largest absolute Gasteiger partial charge is 0.495 e. The number of amides is 2. The molecule has 2 aromatic carbocycles. The van der Waals surface area contributed by atoms with E-state index >= 15 is 0 Å². The van der Waals surface area contributed by atoms with Gasteiger partial charge in [0.25, 0.3) is 10.0 Å². The van der Waals surface area contributed by atoms with Gasteiger partial charge in [-0.25, -0.2) is 22.6 Å². The number of carbonyl (C=O) groups is 1. The molecule has 2 amide bonds. The normalized spacial score (nSPS) is 12.9. The van der Waals surface area contributed by atoms with Crippen LogP contribution in [0.2, 0.25) is 5.02 Å². The first-order chi connectivity index (χ1) is 15.3. The summed E-state index contributed by atoms with van der Waals surface area (Å²) < 4.78 is 53.2. The molecule has 1 aliphatic heterocycles. The molecule has 0 saturated heterocycles. The van der Waals surface area contributed by atoms with Gasteiger partial charge < -0.3 is 14.8 Å². The number of ether oxygens (including phenoxy) is 2. The fourth-order valence-corrected chi connectivity index (χ4v) is 4.49. The lowest BCUT2D eigenvalue weighted by atomic mass is 10.2. The van der Waals surface area contributed by atoms with E-state index in [9.17, 15) is 17.6 Å². The van der Waals surface area contributed by atoms with E-state index in [2.05, 4.69) is 20.3 Å². The van der Waals surface area contributed by atoms with Crippen molar-refractivity contribution in [1.29, 1.82) is 0 Å². The van der Waals surface area contributed by atoms with E-state index in [4.69, 9.17) is 21.1 Å². The van der Waals surface area contributed by atoms with E-state index < -0.39 is 21.9 Å². The number of pyridine rings is 1. The molecule has 0 aliphatic carbocycles. The number of carbonyl (C=O) groups excluding carboxylic acids is 1. The zero-order valence-corrected chi connectivity index (χ0v) is 18.1. The van der Waals surface area contributed by atoms with Crippen molar-refractivity contribution in [3.05, 3.63) is 65.1 Å². The van der Waals surface area contributed by atoms with Gasteiger partial charge in [0.15, 0.2) is 11.6 Å². The van der Waals surface area contributed by atoms with Gasteiger partial charge in [-0.2, -0.15) is 0 Å². The molecule has 0 saturated carbocycles. The predicted molar refractivity (Wildman–Crippen MR) is 115 cm³/mol. The van der Waals surface area contributed by atoms with Gasteiger partial charge in [0, 0.05) is 17.3 Å². The van der Waals surface area contributed by atoms with Crippen molar-refractivity contribution in [2.45, 2.75) is 11.4 Å². The molecule has 3 aromatic rings. The molecule has 2 heterocycles. The third-order valence-corrected chi connectivity index (χ3v) is 6.13. The standard InChI is InChI=1S/C20H16ClFN4O5S/c1-30-17-4-2-11(21)8-18(17)32(28,29)26-12-3-5-16(14(22)9-12)31-15-6-7-23-19-13(15)10-24-20(27)25-19/h2-9,26H,10H2,1H3,(H2,23,24,25,27). The summed E-state index contributed by atoms with van der Waals surface area (Å²) in [6.45, 7) is 0.158. The Bertz CT molecular complexity index is 1320. The summed E-state index contributed by atoms with van der Waals surface area (Å²) in [5, 5.41) is 5.32. The highest BCUT2D eigenvalue weighted by molar-refractivity contribution is 7.92. The van der Waals surface area contributed by atoms with Crippen LogP contribution in [-0.4, -0.2) is 26.5 Å². The zero-order chi connectivity index (χ0) is 22.9.